The maximum absolute atomic E-state index is 9.64. The first-order valence-electron chi connectivity index (χ1n) is 7.10. The molecule has 0 amide bonds. The third kappa shape index (κ3) is 7.40. The molecular weight excluding hydrogens is 276 g/mol. The zero-order valence-corrected chi connectivity index (χ0v) is 13.6. The molecule has 1 heterocycles. The van der Waals surface area contributed by atoms with Crippen LogP contribution in [0.1, 0.15) is 47.5 Å². The number of hydroxylamine groups is 2. The molecule has 1 saturated heterocycles. The molecule has 1 aliphatic rings. The summed E-state index contributed by atoms with van der Waals surface area (Å²) in [6, 6.07) is 0. The fourth-order valence-electron chi connectivity index (χ4n) is 2.33. The third-order valence-electron chi connectivity index (χ3n) is 3.03. The molecule has 124 valence electrons. The summed E-state index contributed by atoms with van der Waals surface area (Å²) in [5, 5.41) is 21.4. The van der Waals surface area contributed by atoms with Crippen molar-refractivity contribution in [2.45, 2.75) is 58.5 Å². The lowest BCUT2D eigenvalue weighted by atomic mass is 9.92. The molecule has 0 bridgehead atoms. The molecule has 0 aliphatic carbocycles. The lowest BCUT2D eigenvalue weighted by molar-refractivity contribution is -0.271. The first-order valence-corrected chi connectivity index (χ1v) is 7.10. The summed E-state index contributed by atoms with van der Waals surface area (Å²) in [5.74, 6) is -2.15. The second-order valence-corrected chi connectivity index (χ2v) is 6.23. The molecule has 21 heavy (non-hydrogen) atoms. The topological polar surface area (TPSA) is 99.1 Å². The second-order valence-electron chi connectivity index (χ2n) is 6.23. The van der Waals surface area contributed by atoms with Crippen LogP contribution in [0.25, 0.3) is 0 Å². The van der Waals surface area contributed by atoms with Gasteiger partial charge >= 0.3 is 11.9 Å². The smallest absolute Gasteiger partial charge is 0.303 e. The van der Waals surface area contributed by atoms with E-state index in [2.05, 4.69) is 38.1 Å². The largest absolute Gasteiger partial charge is 0.481 e. The van der Waals surface area contributed by atoms with Crippen molar-refractivity contribution in [3.05, 3.63) is 0 Å². The Morgan fingerprint density at radius 2 is 1.43 bits per heavy atom. The summed E-state index contributed by atoms with van der Waals surface area (Å²) in [7, 11) is 0. The number of carbonyl (C=O) groups is 2. The minimum absolute atomic E-state index is 0.0811. The Morgan fingerprint density at radius 3 is 1.71 bits per heavy atom. The number of piperazine rings is 1. The van der Waals surface area contributed by atoms with Crippen molar-refractivity contribution in [3.8, 4) is 0 Å². The quantitative estimate of drug-likeness (QED) is 0.704. The fraction of sp³-hybridized carbons (Fsp3) is 0.857. The van der Waals surface area contributed by atoms with E-state index in [-0.39, 0.29) is 23.9 Å². The van der Waals surface area contributed by atoms with Crippen LogP contribution in [0.2, 0.25) is 0 Å². The molecule has 0 atom stereocenters. The van der Waals surface area contributed by atoms with Crippen LogP contribution < -0.4 is 5.32 Å². The van der Waals surface area contributed by atoms with E-state index in [0.29, 0.717) is 0 Å². The Morgan fingerprint density at radius 1 is 1.05 bits per heavy atom. The lowest BCUT2D eigenvalue weighted by Crippen LogP contribution is -2.67. The summed E-state index contributed by atoms with van der Waals surface area (Å²) in [4.78, 5) is 25.0. The van der Waals surface area contributed by atoms with Gasteiger partial charge in [-0.2, -0.15) is 5.06 Å². The molecule has 0 saturated carbocycles. The molecule has 1 fully saturated rings. The van der Waals surface area contributed by atoms with Crippen LogP contribution in [0.15, 0.2) is 0 Å². The Balaban J connectivity index is 0.000000433. The van der Waals surface area contributed by atoms with E-state index < -0.39 is 11.9 Å². The molecule has 7 heteroatoms. The van der Waals surface area contributed by atoms with E-state index in [4.69, 9.17) is 15.1 Å². The van der Waals surface area contributed by atoms with Crippen molar-refractivity contribution in [1.29, 1.82) is 0 Å². The van der Waals surface area contributed by atoms with Gasteiger partial charge in [0.15, 0.2) is 0 Å². The average molecular weight is 304 g/mol. The van der Waals surface area contributed by atoms with Crippen molar-refractivity contribution < 1.29 is 24.6 Å². The van der Waals surface area contributed by atoms with Crippen molar-refractivity contribution in [2.75, 3.05) is 19.7 Å². The van der Waals surface area contributed by atoms with Crippen molar-refractivity contribution in [2.24, 2.45) is 0 Å². The highest BCUT2D eigenvalue weighted by Crippen LogP contribution is 2.28. The summed E-state index contributed by atoms with van der Waals surface area (Å²) in [6.07, 6.45) is -0.593. The summed E-state index contributed by atoms with van der Waals surface area (Å²) in [6.45, 7) is 13.6. The van der Waals surface area contributed by atoms with E-state index in [0.717, 1.165) is 19.7 Å². The number of nitrogens with zero attached hydrogens (tertiary/aromatic N) is 1. The zero-order chi connectivity index (χ0) is 16.7. The van der Waals surface area contributed by atoms with Gasteiger partial charge in [0.05, 0.1) is 30.5 Å². The maximum atomic E-state index is 9.64. The molecule has 0 radical (unpaired) electrons. The zero-order valence-electron chi connectivity index (χ0n) is 13.6. The normalized spacial score (nSPS) is 20.2. The number of hydrogen-bond donors (Lipinski definition) is 3. The first-order chi connectivity index (χ1) is 9.53. The monoisotopic (exact) mass is 304 g/mol. The van der Waals surface area contributed by atoms with Gasteiger partial charge in [0.2, 0.25) is 0 Å². The molecule has 0 spiro atoms. The van der Waals surface area contributed by atoms with Gasteiger partial charge in [-0.05, 0) is 34.6 Å². The Hall–Kier alpha value is -1.18. The van der Waals surface area contributed by atoms with Crippen molar-refractivity contribution in [1.82, 2.24) is 10.4 Å². The SMILES string of the molecule is CCON1C(C)(C)CNCC1(C)C.O=C(O)CCC(=O)O. The van der Waals surface area contributed by atoms with Crippen LogP contribution in [-0.4, -0.2) is 58.0 Å². The van der Waals surface area contributed by atoms with E-state index >= 15 is 0 Å². The summed E-state index contributed by atoms with van der Waals surface area (Å²) < 4.78 is 0. The lowest BCUT2D eigenvalue weighted by Gasteiger charge is -2.51. The van der Waals surface area contributed by atoms with E-state index in [9.17, 15) is 9.59 Å². The maximum Gasteiger partial charge on any atom is 0.303 e. The molecule has 0 aromatic rings. The molecule has 0 aromatic carbocycles. The Kier molecular flexibility index (Phi) is 7.84. The fourth-order valence-corrected chi connectivity index (χ4v) is 2.33. The predicted octanol–water partition coefficient (Wildman–Crippen LogP) is 1.34. The molecule has 0 unspecified atom stereocenters. The third-order valence-corrected chi connectivity index (χ3v) is 3.03. The van der Waals surface area contributed by atoms with Gasteiger partial charge in [0.1, 0.15) is 0 Å². The van der Waals surface area contributed by atoms with Gasteiger partial charge in [0, 0.05) is 13.1 Å². The Bertz CT molecular complexity index is 325. The minimum atomic E-state index is -1.08. The average Bonchev–Trinajstić information content (AvgIpc) is 2.32. The van der Waals surface area contributed by atoms with Gasteiger partial charge in [-0.25, -0.2) is 0 Å². The van der Waals surface area contributed by atoms with Gasteiger partial charge in [-0.3, -0.25) is 14.4 Å². The highest BCUT2D eigenvalue weighted by Gasteiger charge is 2.42. The first kappa shape index (κ1) is 19.8. The van der Waals surface area contributed by atoms with Gasteiger partial charge in [-0.15, -0.1) is 0 Å². The molecule has 0 aromatic heterocycles. The molecule has 1 rings (SSSR count). The van der Waals surface area contributed by atoms with Crippen LogP contribution in [-0.2, 0) is 14.4 Å². The van der Waals surface area contributed by atoms with Crippen molar-refractivity contribution >= 4 is 11.9 Å². The second kappa shape index (κ2) is 8.31. The van der Waals surface area contributed by atoms with Gasteiger partial charge < -0.3 is 15.5 Å². The van der Waals surface area contributed by atoms with Crippen LogP contribution >= 0.6 is 0 Å². The number of carboxylic acids is 2. The standard InChI is InChI=1S/C10H22N2O.C4H6O4/c1-6-13-12-9(2,3)7-11-8-10(12,4)5;5-3(6)1-2-4(7)8/h11H,6-8H2,1-5H3;1-2H2,(H,5,6)(H,7,8). The van der Waals surface area contributed by atoms with Crippen LogP contribution in [0, 0.1) is 0 Å². The van der Waals surface area contributed by atoms with E-state index in [1.807, 2.05) is 6.92 Å². The van der Waals surface area contributed by atoms with Crippen molar-refractivity contribution in [3.63, 3.8) is 0 Å². The molecule has 7 nitrogen and oxygen atoms in total. The minimum Gasteiger partial charge on any atom is -0.481 e. The predicted molar refractivity (Wildman–Crippen MR) is 79.0 cm³/mol. The number of carboxylic acid groups (broad SMARTS) is 2. The van der Waals surface area contributed by atoms with E-state index in [1.54, 1.807) is 0 Å². The summed E-state index contributed by atoms with van der Waals surface area (Å²) in [5.41, 5.74) is 0.162. The van der Waals surface area contributed by atoms with E-state index in [1.165, 1.54) is 0 Å². The Labute approximate surface area is 126 Å². The number of rotatable bonds is 5. The highest BCUT2D eigenvalue weighted by molar-refractivity contribution is 5.75. The highest BCUT2D eigenvalue weighted by atomic mass is 16.7. The molecule has 1 aliphatic heterocycles. The molecular formula is C14H28N2O5. The van der Waals surface area contributed by atoms with Crippen LogP contribution in [0.3, 0.4) is 0 Å². The number of aliphatic carboxylic acids is 2. The number of nitrogens with one attached hydrogen (secondary N) is 1. The molecule has 3 N–H and O–H groups in total. The summed E-state index contributed by atoms with van der Waals surface area (Å²) >= 11 is 0. The number of hydrogen-bond acceptors (Lipinski definition) is 5. The van der Waals surface area contributed by atoms with Gasteiger partial charge in [-0.1, -0.05) is 0 Å². The van der Waals surface area contributed by atoms with Crippen LogP contribution in [0.4, 0.5) is 0 Å². The van der Waals surface area contributed by atoms with Gasteiger partial charge in [0.25, 0.3) is 0 Å². The van der Waals surface area contributed by atoms with Crippen LogP contribution in [0.5, 0.6) is 0 Å².